The van der Waals surface area contributed by atoms with Crippen molar-refractivity contribution in [3.63, 3.8) is 0 Å². The summed E-state index contributed by atoms with van der Waals surface area (Å²) in [4.78, 5) is 0. The largest absolute Gasteiger partial charge is 0.324 e. The zero-order valence-corrected chi connectivity index (χ0v) is 9.40. The van der Waals surface area contributed by atoms with Gasteiger partial charge in [0, 0.05) is 6.04 Å². The van der Waals surface area contributed by atoms with Crippen molar-refractivity contribution in [3.05, 3.63) is 35.4 Å². The normalized spacial score (nSPS) is 12.5. The Balaban J connectivity index is 2.58. The molecule has 0 aliphatic rings. The van der Waals surface area contributed by atoms with E-state index in [1.807, 2.05) is 24.3 Å². The smallest absolute Gasteiger partial charge is 0.0991 e. The zero-order chi connectivity index (χ0) is 11.3. The molecule has 0 unspecified atom stereocenters. The minimum atomic E-state index is 0.0974. The van der Waals surface area contributed by atoms with Gasteiger partial charge in [0.25, 0.3) is 0 Å². The molecular weight excluding hydrogens is 184 g/mol. The molecule has 1 rings (SSSR count). The summed E-state index contributed by atoms with van der Waals surface area (Å²) in [6, 6.07) is 9.74. The molecule has 0 saturated heterocycles. The Bertz CT molecular complexity index is 333. The van der Waals surface area contributed by atoms with Crippen LogP contribution in [0, 0.1) is 17.2 Å². The van der Waals surface area contributed by atoms with Crippen molar-refractivity contribution >= 4 is 0 Å². The van der Waals surface area contributed by atoms with Gasteiger partial charge in [-0.15, -0.1) is 0 Å². The summed E-state index contributed by atoms with van der Waals surface area (Å²) in [7, 11) is 0. The summed E-state index contributed by atoms with van der Waals surface area (Å²) in [5.74, 6) is 0.689. The first-order valence-corrected chi connectivity index (χ1v) is 5.39. The van der Waals surface area contributed by atoms with Crippen LogP contribution >= 0.6 is 0 Å². The quantitative estimate of drug-likeness (QED) is 0.816. The molecule has 0 heterocycles. The zero-order valence-electron chi connectivity index (χ0n) is 9.40. The van der Waals surface area contributed by atoms with Gasteiger partial charge in [-0.25, -0.2) is 0 Å². The van der Waals surface area contributed by atoms with E-state index in [-0.39, 0.29) is 6.04 Å². The molecule has 1 aromatic rings. The number of rotatable bonds is 4. The Kier molecular flexibility index (Phi) is 4.33. The maximum atomic E-state index is 8.66. The second-order valence-electron chi connectivity index (χ2n) is 4.31. The Morgan fingerprint density at radius 2 is 1.80 bits per heavy atom. The van der Waals surface area contributed by atoms with Gasteiger partial charge in [0.15, 0.2) is 0 Å². The molecule has 0 fully saturated rings. The van der Waals surface area contributed by atoms with Gasteiger partial charge in [-0.1, -0.05) is 26.0 Å². The van der Waals surface area contributed by atoms with Crippen LogP contribution < -0.4 is 5.73 Å². The molecule has 0 aliphatic carbocycles. The maximum Gasteiger partial charge on any atom is 0.0991 e. The molecular formula is C13H18N2. The van der Waals surface area contributed by atoms with Crippen molar-refractivity contribution < 1.29 is 0 Å². The number of hydrogen-bond acceptors (Lipinski definition) is 2. The predicted octanol–water partition coefficient (Wildman–Crippen LogP) is 2.99. The number of nitrogens with two attached hydrogens (primary N) is 1. The van der Waals surface area contributed by atoms with Crippen LogP contribution in [0.15, 0.2) is 24.3 Å². The minimum absolute atomic E-state index is 0.0974. The van der Waals surface area contributed by atoms with E-state index in [2.05, 4.69) is 19.9 Å². The molecule has 2 heteroatoms. The highest BCUT2D eigenvalue weighted by Crippen LogP contribution is 2.18. The summed E-state index contributed by atoms with van der Waals surface area (Å²) < 4.78 is 0. The summed E-state index contributed by atoms with van der Waals surface area (Å²) >= 11 is 0. The molecule has 1 aromatic carbocycles. The van der Waals surface area contributed by atoms with Crippen LogP contribution in [0.4, 0.5) is 0 Å². The van der Waals surface area contributed by atoms with Gasteiger partial charge in [-0.05, 0) is 36.5 Å². The van der Waals surface area contributed by atoms with E-state index in [4.69, 9.17) is 11.0 Å². The first-order chi connectivity index (χ1) is 7.13. The van der Waals surface area contributed by atoms with Gasteiger partial charge in [0.2, 0.25) is 0 Å². The van der Waals surface area contributed by atoms with Crippen molar-refractivity contribution in [2.24, 2.45) is 11.7 Å². The first kappa shape index (κ1) is 11.7. The van der Waals surface area contributed by atoms with E-state index in [1.165, 1.54) is 0 Å². The highest BCUT2D eigenvalue weighted by molar-refractivity contribution is 5.32. The van der Waals surface area contributed by atoms with E-state index >= 15 is 0 Å². The third-order valence-corrected chi connectivity index (χ3v) is 2.52. The van der Waals surface area contributed by atoms with Crippen LogP contribution in [0.3, 0.4) is 0 Å². The van der Waals surface area contributed by atoms with Gasteiger partial charge in [0.05, 0.1) is 11.6 Å². The van der Waals surface area contributed by atoms with Gasteiger partial charge in [-0.2, -0.15) is 5.26 Å². The monoisotopic (exact) mass is 202 g/mol. The summed E-state index contributed by atoms with van der Waals surface area (Å²) in [5.41, 5.74) is 7.86. The first-order valence-electron chi connectivity index (χ1n) is 5.39. The van der Waals surface area contributed by atoms with Crippen LogP contribution in [-0.2, 0) is 0 Å². The summed E-state index contributed by atoms with van der Waals surface area (Å²) in [5, 5.41) is 8.66. The number of benzene rings is 1. The molecule has 2 nitrogen and oxygen atoms in total. The fraction of sp³-hybridized carbons (Fsp3) is 0.462. The topological polar surface area (TPSA) is 49.8 Å². The van der Waals surface area contributed by atoms with Crippen molar-refractivity contribution in [1.29, 1.82) is 5.26 Å². The highest BCUT2D eigenvalue weighted by atomic mass is 14.6. The van der Waals surface area contributed by atoms with Crippen molar-refractivity contribution in [1.82, 2.24) is 0 Å². The molecule has 0 spiro atoms. The van der Waals surface area contributed by atoms with E-state index in [9.17, 15) is 0 Å². The lowest BCUT2D eigenvalue weighted by molar-refractivity contribution is 0.507. The number of nitriles is 1. The highest BCUT2D eigenvalue weighted by Gasteiger charge is 2.06. The van der Waals surface area contributed by atoms with E-state index in [0.29, 0.717) is 11.5 Å². The van der Waals surface area contributed by atoms with Gasteiger partial charge in [0.1, 0.15) is 0 Å². The Morgan fingerprint density at radius 1 is 1.20 bits per heavy atom. The van der Waals surface area contributed by atoms with E-state index in [0.717, 1.165) is 18.4 Å². The van der Waals surface area contributed by atoms with Gasteiger partial charge in [-0.3, -0.25) is 0 Å². The molecule has 0 saturated carbocycles. The van der Waals surface area contributed by atoms with Gasteiger partial charge >= 0.3 is 0 Å². The molecule has 2 N–H and O–H groups in total. The van der Waals surface area contributed by atoms with E-state index < -0.39 is 0 Å². The lowest BCUT2D eigenvalue weighted by Gasteiger charge is -2.13. The van der Waals surface area contributed by atoms with Crippen LogP contribution in [-0.4, -0.2) is 0 Å². The van der Waals surface area contributed by atoms with Crippen LogP contribution in [0.5, 0.6) is 0 Å². The van der Waals surface area contributed by atoms with Crippen LogP contribution in [0.1, 0.15) is 43.9 Å². The average Bonchev–Trinajstić information content (AvgIpc) is 2.26. The molecule has 0 radical (unpaired) electrons. The van der Waals surface area contributed by atoms with Crippen molar-refractivity contribution in [2.75, 3.05) is 0 Å². The summed E-state index contributed by atoms with van der Waals surface area (Å²) in [6.45, 7) is 4.40. The lowest BCUT2D eigenvalue weighted by atomic mass is 9.98. The second kappa shape index (κ2) is 5.53. The fourth-order valence-corrected chi connectivity index (χ4v) is 1.48. The third kappa shape index (κ3) is 3.73. The second-order valence-corrected chi connectivity index (χ2v) is 4.31. The lowest BCUT2D eigenvalue weighted by Crippen LogP contribution is -2.11. The van der Waals surface area contributed by atoms with Crippen LogP contribution in [0.25, 0.3) is 0 Å². The Morgan fingerprint density at radius 3 is 2.27 bits per heavy atom. The molecule has 0 amide bonds. The SMILES string of the molecule is CC(C)CC[C@@H](N)c1ccc(C#N)cc1. The Hall–Kier alpha value is -1.33. The number of nitrogens with zero attached hydrogens (tertiary/aromatic N) is 1. The standard InChI is InChI=1S/C13H18N2/c1-10(2)3-8-13(15)12-6-4-11(9-14)5-7-12/h4-7,10,13H,3,8,15H2,1-2H3/t13-/m1/s1. The molecule has 1 atom stereocenters. The summed E-state index contributed by atoms with van der Waals surface area (Å²) in [6.07, 6.45) is 2.14. The average molecular weight is 202 g/mol. The van der Waals surface area contributed by atoms with E-state index in [1.54, 1.807) is 0 Å². The predicted molar refractivity (Wildman–Crippen MR) is 62.2 cm³/mol. The van der Waals surface area contributed by atoms with Crippen LogP contribution in [0.2, 0.25) is 0 Å². The van der Waals surface area contributed by atoms with Gasteiger partial charge < -0.3 is 5.73 Å². The molecule has 0 aliphatic heterocycles. The minimum Gasteiger partial charge on any atom is -0.324 e. The maximum absolute atomic E-state index is 8.66. The van der Waals surface area contributed by atoms with Crippen molar-refractivity contribution in [2.45, 2.75) is 32.7 Å². The third-order valence-electron chi connectivity index (χ3n) is 2.52. The molecule has 0 bridgehead atoms. The molecule has 80 valence electrons. The molecule has 0 aromatic heterocycles. The molecule has 15 heavy (non-hydrogen) atoms. The van der Waals surface area contributed by atoms with Crippen molar-refractivity contribution in [3.8, 4) is 6.07 Å². The fourth-order valence-electron chi connectivity index (χ4n) is 1.48. The number of hydrogen-bond donors (Lipinski definition) is 1. The Labute approximate surface area is 91.7 Å².